The van der Waals surface area contributed by atoms with Crippen LogP contribution in [0.2, 0.25) is 0 Å². The first-order valence-corrected chi connectivity index (χ1v) is 9.96. The minimum Gasteiger partial charge on any atom is -0.380 e. The lowest BCUT2D eigenvalue weighted by Gasteiger charge is -2.13. The molecule has 5 rings (SSSR count). The molecule has 30 heavy (non-hydrogen) atoms. The maximum atomic E-state index is 11.9. The summed E-state index contributed by atoms with van der Waals surface area (Å²) in [6.07, 6.45) is 0.846. The number of amides is 1. The van der Waals surface area contributed by atoms with Crippen LogP contribution in [0, 0.1) is 6.92 Å². The van der Waals surface area contributed by atoms with Crippen LogP contribution < -0.4 is 16.4 Å². The minimum absolute atomic E-state index is 0.460. The molecule has 0 aliphatic carbocycles. The van der Waals surface area contributed by atoms with Crippen molar-refractivity contribution in [3.8, 4) is 11.4 Å². The average molecular weight is 398 g/mol. The maximum Gasteiger partial charge on any atom is 0.250 e. The van der Waals surface area contributed by atoms with Crippen molar-refractivity contribution in [1.82, 2.24) is 15.0 Å². The quantitative estimate of drug-likeness (QED) is 0.411. The van der Waals surface area contributed by atoms with Crippen LogP contribution in [0.3, 0.4) is 0 Å². The number of fused-ring (bicyclic) bond motifs is 2. The van der Waals surface area contributed by atoms with E-state index >= 15 is 0 Å². The van der Waals surface area contributed by atoms with E-state index in [1.807, 2.05) is 37.3 Å². The van der Waals surface area contributed by atoms with Gasteiger partial charge in [0.25, 0.3) is 5.91 Å². The third kappa shape index (κ3) is 3.04. The van der Waals surface area contributed by atoms with Crippen LogP contribution in [0.25, 0.3) is 22.3 Å². The number of aromatic nitrogens is 3. The molecule has 0 bridgehead atoms. The van der Waals surface area contributed by atoms with Gasteiger partial charge in [-0.2, -0.15) is 0 Å². The van der Waals surface area contributed by atoms with Crippen molar-refractivity contribution in [2.75, 3.05) is 17.2 Å². The van der Waals surface area contributed by atoms with Gasteiger partial charge < -0.3 is 21.4 Å². The van der Waals surface area contributed by atoms with Crippen molar-refractivity contribution in [2.45, 2.75) is 19.9 Å². The van der Waals surface area contributed by atoms with Gasteiger partial charge in [0.05, 0.1) is 22.5 Å². The van der Waals surface area contributed by atoms with E-state index in [1.54, 1.807) is 6.07 Å². The number of carbonyl (C=O) groups is 1. The molecule has 150 valence electrons. The van der Waals surface area contributed by atoms with Gasteiger partial charge in [-0.15, -0.1) is 0 Å². The van der Waals surface area contributed by atoms with E-state index in [-0.39, 0.29) is 0 Å². The Bertz CT molecular complexity index is 1260. The van der Waals surface area contributed by atoms with Crippen LogP contribution in [0.5, 0.6) is 0 Å². The number of benzene rings is 2. The topological polar surface area (TPSA) is 109 Å². The summed E-state index contributed by atoms with van der Waals surface area (Å²) >= 11 is 0. The molecule has 1 amide bonds. The predicted octanol–water partition coefficient (Wildman–Crippen LogP) is 3.61. The molecule has 0 fully saturated rings. The number of nitrogens with one attached hydrogen (secondary N) is 3. The SMILES string of the molecule is Cc1[nH]c2c(C(N)=O)cccc2c1-c1nc2c(c(NCc3ccccc3)n1)NCC2. The number of hydrogen-bond acceptors (Lipinski definition) is 5. The number of primary amides is 1. The number of aryl methyl sites for hydroxylation is 1. The number of hydrogen-bond donors (Lipinski definition) is 4. The van der Waals surface area contributed by atoms with Gasteiger partial charge in [0.1, 0.15) is 0 Å². The fraction of sp³-hybridized carbons (Fsp3) is 0.174. The van der Waals surface area contributed by atoms with E-state index in [2.05, 4.69) is 27.8 Å². The van der Waals surface area contributed by atoms with E-state index in [4.69, 9.17) is 15.7 Å². The van der Waals surface area contributed by atoms with E-state index < -0.39 is 5.91 Å². The third-order valence-corrected chi connectivity index (χ3v) is 5.46. The van der Waals surface area contributed by atoms with Gasteiger partial charge in [0.2, 0.25) is 0 Å². The molecule has 0 spiro atoms. The van der Waals surface area contributed by atoms with E-state index in [1.165, 1.54) is 5.56 Å². The Morgan fingerprint density at radius 3 is 2.77 bits per heavy atom. The number of para-hydroxylation sites is 1. The van der Waals surface area contributed by atoms with Crippen LogP contribution in [-0.2, 0) is 13.0 Å². The summed E-state index contributed by atoms with van der Waals surface area (Å²) in [6.45, 7) is 3.47. The summed E-state index contributed by atoms with van der Waals surface area (Å²) in [6, 6.07) is 15.7. The molecule has 0 saturated carbocycles. The Labute approximate surface area is 173 Å². The number of anilines is 2. The second kappa shape index (κ2) is 7.18. The Hall–Kier alpha value is -3.87. The number of rotatable bonds is 5. The minimum atomic E-state index is -0.460. The Kier molecular flexibility index (Phi) is 4.35. The highest BCUT2D eigenvalue weighted by atomic mass is 16.1. The highest BCUT2D eigenvalue weighted by Gasteiger charge is 2.23. The second-order valence-corrected chi connectivity index (χ2v) is 7.45. The fourth-order valence-corrected chi connectivity index (χ4v) is 4.04. The molecule has 0 unspecified atom stereocenters. The Balaban J connectivity index is 1.61. The zero-order valence-corrected chi connectivity index (χ0v) is 16.6. The zero-order chi connectivity index (χ0) is 20.7. The molecule has 1 aliphatic rings. The van der Waals surface area contributed by atoms with Crippen molar-refractivity contribution in [1.29, 1.82) is 0 Å². The molecule has 4 aromatic rings. The Morgan fingerprint density at radius 1 is 1.13 bits per heavy atom. The maximum absolute atomic E-state index is 11.9. The van der Waals surface area contributed by atoms with Crippen molar-refractivity contribution < 1.29 is 4.79 Å². The van der Waals surface area contributed by atoms with Crippen LogP contribution in [0.1, 0.15) is 27.3 Å². The molecule has 3 heterocycles. The highest BCUT2D eigenvalue weighted by Crippen LogP contribution is 2.36. The number of carbonyl (C=O) groups excluding carboxylic acids is 1. The number of nitrogens with two attached hydrogens (primary N) is 1. The lowest BCUT2D eigenvalue weighted by atomic mass is 10.1. The first-order valence-electron chi connectivity index (χ1n) is 9.96. The van der Waals surface area contributed by atoms with Crippen LogP contribution in [-0.4, -0.2) is 27.4 Å². The van der Waals surface area contributed by atoms with Gasteiger partial charge in [-0.05, 0) is 18.6 Å². The van der Waals surface area contributed by atoms with Crippen molar-refractivity contribution in [3.63, 3.8) is 0 Å². The predicted molar refractivity (Wildman–Crippen MR) is 119 cm³/mol. The molecule has 0 atom stereocenters. The number of H-pyrrole nitrogens is 1. The molecule has 2 aromatic carbocycles. The van der Waals surface area contributed by atoms with Crippen LogP contribution in [0.15, 0.2) is 48.5 Å². The average Bonchev–Trinajstić information content (AvgIpc) is 3.35. The van der Waals surface area contributed by atoms with Gasteiger partial charge in [-0.1, -0.05) is 42.5 Å². The first-order chi connectivity index (χ1) is 14.6. The molecule has 0 radical (unpaired) electrons. The standard InChI is InChI=1S/C23H22N6O/c1-13-18(15-8-5-9-16(21(24)30)19(15)27-13)22-28-17-10-11-25-20(17)23(29-22)26-12-14-6-3-2-4-7-14/h2-9,25,27H,10-12H2,1H3,(H2,24,30)(H,26,28,29). The molecule has 5 N–H and O–H groups in total. The second-order valence-electron chi connectivity index (χ2n) is 7.45. The summed E-state index contributed by atoms with van der Waals surface area (Å²) in [5.41, 5.74) is 11.7. The summed E-state index contributed by atoms with van der Waals surface area (Å²) in [7, 11) is 0. The monoisotopic (exact) mass is 398 g/mol. The van der Waals surface area contributed by atoms with Gasteiger partial charge in [0, 0.05) is 36.2 Å². The molecule has 0 saturated heterocycles. The summed E-state index contributed by atoms with van der Waals surface area (Å²) in [4.78, 5) is 24.9. The molecule has 7 heteroatoms. The van der Waals surface area contributed by atoms with Gasteiger partial charge in [0.15, 0.2) is 11.6 Å². The van der Waals surface area contributed by atoms with Gasteiger partial charge in [-0.3, -0.25) is 4.79 Å². The normalized spacial score (nSPS) is 12.6. The van der Waals surface area contributed by atoms with E-state index in [9.17, 15) is 4.79 Å². The largest absolute Gasteiger partial charge is 0.380 e. The smallest absolute Gasteiger partial charge is 0.250 e. The van der Waals surface area contributed by atoms with Gasteiger partial charge in [-0.25, -0.2) is 9.97 Å². The van der Waals surface area contributed by atoms with E-state index in [0.29, 0.717) is 17.9 Å². The number of aromatic amines is 1. The highest BCUT2D eigenvalue weighted by molar-refractivity contribution is 6.09. The summed E-state index contributed by atoms with van der Waals surface area (Å²) < 4.78 is 0. The van der Waals surface area contributed by atoms with Crippen molar-refractivity contribution >= 4 is 28.3 Å². The van der Waals surface area contributed by atoms with Crippen LogP contribution in [0.4, 0.5) is 11.5 Å². The molecule has 7 nitrogen and oxygen atoms in total. The number of nitrogens with zero attached hydrogens (tertiary/aromatic N) is 2. The van der Waals surface area contributed by atoms with Crippen LogP contribution >= 0.6 is 0 Å². The molecular weight excluding hydrogens is 376 g/mol. The lowest BCUT2D eigenvalue weighted by molar-refractivity contribution is 0.100. The molecular formula is C23H22N6O. The van der Waals surface area contributed by atoms with Crippen molar-refractivity contribution in [2.24, 2.45) is 5.73 Å². The Morgan fingerprint density at radius 2 is 1.97 bits per heavy atom. The fourth-order valence-electron chi connectivity index (χ4n) is 4.04. The molecule has 1 aliphatic heterocycles. The summed E-state index contributed by atoms with van der Waals surface area (Å²) in [5, 5.41) is 7.75. The van der Waals surface area contributed by atoms with E-state index in [0.717, 1.165) is 52.3 Å². The van der Waals surface area contributed by atoms with Gasteiger partial charge >= 0.3 is 0 Å². The molecule has 2 aromatic heterocycles. The van der Waals surface area contributed by atoms with Crippen molar-refractivity contribution in [3.05, 3.63) is 71.0 Å². The first kappa shape index (κ1) is 18.2. The zero-order valence-electron chi connectivity index (χ0n) is 16.6. The third-order valence-electron chi connectivity index (χ3n) is 5.46. The lowest BCUT2D eigenvalue weighted by Crippen LogP contribution is -2.11. The summed E-state index contributed by atoms with van der Waals surface area (Å²) in [5.74, 6) is 0.965.